The molecule has 0 spiro atoms. The van der Waals surface area contributed by atoms with Crippen molar-refractivity contribution in [2.24, 2.45) is 0 Å². The third-order valence-electron chi connectivity index (χ3n) is 4.92. The van der Waals surface area contributed by atoms with Crippen molar-refractivity contribution in [3.05, 3.63) is 110 Å². The number of halogens is 2. The summed E-state index contributed by atoms with van der Waals surface area (Å²) in [6, 6.07) is 29.3. The fourth-order valence-corrected chi connectivity index (χ4v) is 4.39. The third-order valence-corrected chi connectivity index (χ3v) is 6.26. The van der Waals surface area contributed by atoms with Gasteiger partial charge >= 0.3 is 0 Å². The zero-order valence-electron chi connectivity index (χ0n) is 17.4. The summed E-state index contributed by atoms with van der Waals surface area (Å²) in [6.45, 7) is 0.453. The molecule has 4 nitrogen and oxygen atoms in total. The van der Waals surface area contributed by atoms with Crippen LogP contribution in [0.2, 0.25) is 0 Å². The van der Waals surface area contributed by atoms with E-state index < -0.39 is 5.91 Å². The quantitative estimate of drug-likeness (QED) is 0.142. The number of rotatable bonds is 6. The molecule has 4 aromatic carbocycles. The Morgan fingerprint density at radius 1 is 1.00 bits per heavy atom. The van der Waals surface area contributed by atoms with Gasteiger partial charge in [0.25, 0.3) is 5.91 Å². The molecular formula is C27H18BrIN2O2. The molecule has 0 aliphatic carbocycles. The molecule has 0 aromatic heterocycles. The molecule has 0 heterocycles. The number of carbonyl (C=O) groups excluding carboxylic acids is 1. The summed E-state index contributed by atoms with van der Waals surface area (Å²) >= 11 is 5.57. The lowest BCUT2D eigenvalue weighted by atomic mass is 10.1. The lowest BCUT2D eigenvalue weighted by Crippen LogP contribution is -2.13. The summed E-state index contributed by atoms with van der Waals surface area (Å²) in [5.41, 5.74) is 2.47. The largest absolute Gasteiger partial charge is 0.488 e. The summed E-state index contributed by atoms with van der Waals surface area (Å²) in [6.07, 6.45) is 1.57. The molecule has 0 unspecified atom stereocenters. The molecule has 0 saturated heterocycles. The van der Waals surface area contributed by atoms with Gasteiger partial charge in [-0.15, -0.1) is 0 Å². The molecule has 1 N–H and O–H groups in total. The molecule has 4 rings (SSSR count). The van der Waals surface area contributed by atoms with Crippen LogP contribution >= 0.6 is 38.5 Å². The van der Waals surface area contributed by atoms with E-state index in [1.54, 1.807) is 18.2 Å². The van der Waals surface area contributed by atoms with Gasteiger partial charge in [-0.2, -0.15) is 5.26 Å². The van der Waals surface area contributed by atoms with Crippen LogP contribution in [0.5, 0.6) is 5.75 Å². The van der Waals surface area contributed by atoms with Crippen molar-refractivity contribution in [2.45, 2.75) is 6.61 Å². The first-order valence-corrected chi connectivity index (χ1v) is 12.0. The number of benzene rings is 4. The zero-order valence-corrected chi connectivity index (χ0v) is 21.1. The summed E-state index contributed by atoms with van der Waals surface area (Å²) < 4.78 is 7.76. The Balaban J connectivity index is 1.45. The number of anilines is 1. The monoisotopic (exact) mass is 608 g/mol. The van der Waals surface area contributed by atoms with Crippen molar-refractivity contribution in [1.29, 1.82) is 5.26 Å². The SMILES string of the molecule is N#C/C(=C/c1ccc(OCc2ccc3ccccc3c2)c(I)c1)C(=O)Nc1cccc(Br)c1. The summed E-state index contributed by atoms with van der Waals surface area (Å²) in [5, 5.41) is 14.6. The van der Waals surface area contributed by atoms with E-state index in [1.807, 2.05) is 48.5 Å². The molecule has 0 bridgehead atoms. The summed E-state index contributed by atoms with van der Waals surface area (Å²) in [5.74, 6) is 0.292. The first-order chi connectivity index (χ1) is 16.0. The minimum atomic E-state index is -0.456. The minimum Gasteiger partial charge on any atom is -0.488 e. The Hall–Kier alpha value is -3.15. The Kier molecular flexibility index (Phi) is 7.43. The number of nitrogens with zero attached hydrogens (tertiary/aromatic N) is 1. The van der Waals surface area contributed by atoms with Crippen LogP contribution in [0.15, 0.2) is 95.0 Å². The first kappa shape index (κ1) is 23.0. The number of hydrogen-bond acceptors (Lipinski definition) is 3. The number of hydrogen-bond donors (Lipinski definition) is 1. The molecule has 0 atom stereocenters. The van der Waals surface area contributed by atoms with Crippen molar-refractivity contribution in [3.63, 3.8) is 0 Å². The predicted molar refractivity (Wildman–Crippen MR) is 144 cm³/mol. The van der Waals surface area contributed by atoms with E-state index in [9.17, 15) is 10.1 Å². The Labute approximate surface area is 214 Å². The average molecular weight is 609 g/mol. The molecule has 162 valence electrons. The lowest BCUT2D eigenvalue weighted by Gasteiger charge is -2.10. The van der Waals surface area contributed by atoms with Crippen LogP contribution in [0.3, 0.4) is 0 Å². The number of ether oxygens (including phenoxy) is 1. The highest BCUT2D eigenvalue weighted by Crippen LogP contribution is 2.25. The second-order valence-electron chi connectivity index (χ2n) is 7.29. The Morgan fingerprint density at radius 2 is 1.82 bits per heavy atom. The molecule has 0 fully saturated rings. The number of amides is 1. The highest BCUT2D eigenvalue weighted by Gasteiger charge is 2.11. The summed E-state index contributed by atoms with van der Waals surface area (Å²) in [4.78, 5) is 12.5. The van der Waals surface area contributed by atoms with Gasteiger partial charge in [0.15, 0.2) is 0 Å². The summed E-state index contributed by atoms with van der Waals surface area (Å²) in [7, 11) is 0. The molecule has 6 heteroatoms. The topological polar surface area (TPSA) is 62.1 Å². The van der Waals surface area contributed by atoms with Crippen LogP contribution in [0.4, 0.5) is 5.69 Å². The van der Waals surface area contributed by atoms with E-state index in [-0.39, 0.29) is 5.57 Å². The van der Waals surface area contributed by atoms with Gasteiger partial charge in [0.05, 0.1) is 3.57 Å². The highest BCUT2D eigenvalue weighted by atomic mass is 127. The fourth-order valence-electron chi connectivity index (χ4n) is 3.29. The van der Waals surface area contributed by atoms with Crippen LogP contribution in [0, 0.1) is 14.9 Å². The van der Waals surface area contributed by atoms with E-state index in [0.29, 0.717) is 12.3 Å². The smallest absolute Gasteiger partial charge is 0.266 e. The van der Waals surface area contributed by atoms with Crippen LogP contribution in [-0.4, -0.2) is 5.91 Å². The van der Waals surface area contributed by atoms with Gasteiger partial charge in [-0.3, -0.25) is 4.79 Å². The van der Waals surface area contributed by atoms with E-state index in [4.69, 9.17) is 4.74 Å². The standard InChI is InChI=1S/C27H18BrIN2O2/c28-23-6-3-7-24(15-23)31-27(32)22(16-30)12-18-9-11-26(25(29)14-18)33-17-19-8-10-20-4-1-2-5-21(20)13-19/h1-15H,17H2,(H,31,32)/b22-12-. The second-order valence-corrected chi connectivity index (χ2v) is 9.37. The van der Waals surface area contributed by atoms with Gasteiger partial charge in [-0.25, -0.2) is 0 Å². The van der Waals surface area contributed by atoms with Gasteiger partial charge < -0.3 is 10.1 Å². The molecule has 33 heavy (non-hydrogen) atoms. The van der Waals surface area contributed by atoms with Crippen LogP contribution in [0.25, 0.3) is 16.8 Å². The van der Waals surface area contributed by atoms with E-state index >= 15 is 0 Å². The fraction of sp³-hybridized carbons (Fsp3) is 0.0370. The number of carbonyl (C=O) groups is 1. The third kappa shape index (κ3) is 6.01. The predicted octanol–water partition coefficient (Wildman–Crippen LogP) is 7.33. The van der Waals surface area contributed by atoms with Gasteiger partial charge in [-0.1, -0.05) is 64.5 Å². The van der Waals surface area contributed by atoms with Crippen molar-refractivity contribution < 1.29 is 9.53 Å². The first-order valence-electron chi connectivity index (χ1n) is 10.1. The Bertz CT molecular complexity index is 1410. The maximum absolute atomic E-state index is 12.5. The van der Waals surface area contributed by atoms with Gasteiger partial charge in [0, 0.05) is 10.2 Å². The van der Waals surface area contributed by atoms with Crippen LogP contribution in [0.1, 0.15) is 11.1 Å². The second kappa shape index (κ2) is 10.6. The minimum absolute atomic E-state index is 0.0237. The maximum atomic E-state index is 12.5. The molecule has 4 aromatic rings. The Morgan fingerprint density at radius 3 is 2.58 bits per heavy atom. The van der Waals surface area contributed by atoms with Crippen LogP contribution < -0.4 is 10.1 Å². The van der Waals surface area contributed by atoms with Crippen molar-refractivity contribution in [1.82, 2.24) is 0 Å². The van der Waals surface area contributed by atoms with E-state index in [1.165, 1.54) is 10.8 Å². The van der Waals surface area contributed by atoms with Crippen LogP contribution in [-0.2, 0) is 11.4 Å². The highest BCUT2D eigenvalue weighted by molar-refractivity contribution is 14.1. The van der Waals surface area contributed by atoms with Gasteiger partial charge in [-0.05, 0) is 87.0 Å². The normalized spacial score (nSPS) is 11.1. The van der Waals surface area contributed by atoms with Gasteiger partial charge in [0.2, 0.25) is 0 Å². The van der Waals surface area contributed by atoms with Crippen molar-refractivity contribution >= 4 is 67.0 Å². The van der Waals surface area contributed by atoms with Gasteiger partial charge in [0.1, 0.15) is 24.0 Å². The average Bonchev–Trinajstić information content (AvgIpc) is 2.81. The molecule has 0 aliphatic heterocycles. The number of fused-ring (bicyclic) bond motifs is 1. The molecule has 1 amide bonds. The molecule has 0 aliphatic rings. The van der Waals surface area contributed by atoms with E-state index in [0.717, 1.165) is 24.9 Å². The number of nitriles is 1. The van der Waals surface area contributed by atoms with Crippen molar-refractivity contribution in [2.75, 3.05) is 5.32 Å². The molecule has 0 saturated carbocycles. The molecule has 0 radical (unpaired) electrons. The number of nitrogens with one attached hydrogen (secondary N) is 1. The maximum Gasteiger partial charge on any atom is 0.266 e. The molecular weight excluding hydrogens is 591 g/mol. The zero-order chi connectivity index (χ0) is 23.2. The van der Waals surface area contributed by atoms with E-state index in [2.05, 4.69) is 74.2 Å². The lowest BCUT2D eigenvalue weighted by molar-refractivity contribution is -0.112. The van der Waals surface area contributed by atoms with Crippen molar-refractivity contribution in [3.8, 4) is 11.8 Å².